The van der Waals surface area contributed by atoms with Crippen LogP contribution in [0.1, 0.15) is 25.5 Å². The van der Waals surface area contributed by atoms with E-state index in [9.17, 15) is 0 Å². The Kier molecular flexibility index (Phi) is 4.43. The van der Waals surface area contributed by atoms with E-state index in [-0.39, 0.29) is 0 Å². The van der Waals surface area contributed by atoms with Crippen molar-refractivity contribution in [3.8, 4) is 0 Å². The molecule has 1 heterocycles. The molecular formula is C14H19ClN4. The maximum atomic E-state index is 5.95. The van der Waals surface area contributed by atoms with Gasteiger partial charge in [-0.05, 0) is 24.1 Å². The van der Waals surface area contributed by atoms with Crippen molar-refractivity contribution < 1.29 is 0 Å². The van der Waals surface area contributed by atoms with Gasteiger partial charge in [0.1, 0.15) is 5.82 Å². The summed E-state index contributed by atoms with van der Waals surface area (Å²) in [5.41, 5.74) is 0.987. The first kappa shape index (κ1) is 13.9. The third-order valence-electron chi connectivity index (χ3n) is 2.76. The number of hydrogen-bond donors (Lipinski definition) is 1. The van der Waals surface area contributed by atoms with Crippen LogP contribution in [0.2, 0.25) is 5.02 Å². The van der Waals surface area contributed by atoms with Crippen molar-refractivity contribution in [2.75, 3.05) is 5.32 Å². The molecule has 0 bridgehead atoms. The lowest BCUT2D eigenvalue weighted by Crippen LogP contribution is -2.06. The van der Waals surface area contributed by atoms with Crippen LogP contribution in [0.25, 0.3) is 0 Å². The summed E-state index contributed by atoms with van der Waals surface area (Å²) in [5.74, 6) is 2.40. The maximum absolute atomic E-state index is 5.95. The molecule has 0 aliphatic carbocycles. The van der Waals surface area contributed by atoms with Gasteiger partial charge in [-0.15, -0.1) is 0 Å². The predicted molar refractivity (Wildman–Crippen MR) is 78.3 cm³/mol. The molecule has 102 valence electrons. The summed E-state index contributed by atoms with van der Waals surface area (Å²) >= 11 is 5.95. The van der Waals surface area contributed by atoms with Crippen molar-refractivity contribution in [2.45, 2.75) is 26.8 Å². The van der Waals surface area contributed by atoms with Gasteiger partial charge in [0.15, 0.2) is 5.82 Å². The van der Waals surface area contributed by atoms with Crippen molar-refractivity contribution in [3.05, 3.63) is 40.9 Å². The second-order valence-corrected chi connectivity index (χ2v) is 5.47. The molecule has 0 saturated carbocycles. The quantitative estimate of drug-likeness (QED) is 0.913. The number of aryl methyl sites for hydroxylation is 1. The van der Waals surface area contributed by atoms with Gasteiger partial charge in [0.25, 0.3) is 0 Å². The number of nitrogens with one attached hydrogen (secondary N) is 1. The Morgan fingerprint density at radius 3 is 2.84 bits per heavy atom. The van der Waals surface area contributed by atoms with E-state index in [1.165, 1.54) is 0 Å². The minimum atomic E-state index is 0.566. The van der Waals surface area contributed by atoms with Crippen molar-refractivity contribution >= 4 is 17.3 Å². The number of rotatable bonds is 5. The Labute approximate surface area is 118 Å². The zero-order chi connectivity index (χ0) is 13.8. The highest BCUT2D eigenvalue weighted by molar-refractivity contribution is 6.30. The number of halogens is 1. The number of hydrogen-bond acceptors (Lipinski definition) is 3. The Hall–Kier alpha value is -1.55. The first-order chi connectivity index (χ1) is 9.04. The lowest BCUT2D eigenvalue weighted by atomic mass is 10.1. The summed E-state index contributed by atoms with van der Waals surface area (Å²) in [6.45, 7) is 4.97. The Morgan fingerprint density at radius 1 is 1.37 bits per heavy atom. The van der Waals surface area contributed by atoms with Crippen LogP contribution in [-0.4, -0.2) is 14.8 Å². The Bertz CT molecular complexity index is 548. The summed E-state index contributed by atoms with van der Waals surface area (Å²) in [5, 5.41) is 8.45. The van der Waals surface area contributed by atoms with Gasteiger partial charge in [-0.25, -0.2) is 4.98 Å². The minimum absolute atomic E-state index is 0.566. The van der Waals surface area contributed by atoms with Crippen LogP contribution in [0.4, 0.5) is 5.69 Å². The van der Waals surface area contributed by atoms with Crippen molar-refractivity contribution in [1.82, 2.24) is 14.8 Å². The molecule has 2 rings (SSSR count). The SMILES string of the molecule is CC(C)Cc1nc(CNc2cccc(Cl)c2)n(C)n1. The first-order valence-corrected chi connectivity index (χ1v) is 6.80. The summed E-state index contributed by atoms with van der Waals surface area (Å²) in [7, 11) is 1.92. The number of benzene rings is 1. The molecule has 0 saturated heterocycles. The molecule has 5 heteroatoms. The Morgan fingerprint density at radius 2 is 2.16 bits per heavy atom. The molecule has 4 nitrogen and oxygen atoms in total. The van der Waals surface area contributed by atoms with Gasteiger partial charge >= 0.3 is 0 Å². The maximum Gasteiger partial charge on any atom is 0.151 e. The number of anilines is 1. The van der Waals surface area contributed by atoms with Crippen LogP contribution in [-0.2, 0) is 20.0 Å². The third kappa shape index (κ3) is 3.96. The lowest BCUT2D eigenvalue weighted by Gasteiger charge is -2.05. The van der Waals surface area contributed by atoms with Gasteiger partial charge in [-0.1, -0.05) is 31.5 Å². The summed E-state index contributed by atoms with van der Waals surface area (Å²) < 4.78 is 1.83. The smallest absolute Gasteiger partial charge is 0.151 e. The molecule has 0 aliphatic rings. The molecular weight excluding hydrogens is 260 g/mol. The summed E-state index contributed by atoms with van der Waals surface area (Å²) in [6.07, 6.45) is 0.908. The van der Waals surface area contributed by atoms with Crippen molar-refractivity contribution in [3.63, 3.8) is 0 Å². The molecule has 1 aromatic heterocycles. The second kappa shape index (κ2) is 6.06. The van der Waals surface area contributed by atoms with E-state index in [4.69, 9.17) is 11.6 Å². The van der Waals surface area contributed by atoms with Gasteiger partial charge in [0.05, 0.1) is 6.54 Å². The highest BCUT2D eigenvalue weighted by atomic mass is 35.5. The monoisotopic (exact) mass is 278 g/mol. The van der Waals surface area contributed by atoms with E-state index < -0.39 is 0 Å². The second-order valence-electron chi connectivity index (χ2n) is 5.03. The molecule has 19 heavy (non-hydrogen) atoms. The van der Waals surface area contributed by atoms with Crippen LogP contribution in [0, 0.1) is 5.92 Å². The highest BCUT2D eigenvalue weighted by Crippen LogP contribution is 2.15. The molecule has 0 fully saturated rings. The molecule has 0 amide bonds. The molecule has 2 aromatic rings. The zero-order valence-electron chi connectivity index (χ0n) is 11.5. The van der Waals surface area contributed by atoms with Gasteiger partial charge in [-0.3, -0.25) is 4.68 Å². The van der Waals surface area contributed by atoms with Gasteiger partial charge in [0.2, 0.25) is 0 Å². The lowest BCUT2D eigenvalue weighted by molar-refractivity contribution is 0.612. The van der Waals surface area contributed by atoms with Gasteiger partial charge < -0.3 is 5.32 Å². The standard InChI is InChI=1S/C14H19ClN4/c1-10(2)7-13-17-14(19(3)18-13)9-16-12-6-4-5-11(15)8-12/h4-6,8,10,16H,7,9H2,1-3H3. The molecule has 1 N–H and O–H groups in total. The van der Waals surface area contributed by atoms with Crippen LogP contribution in [0.15, 0.2) is 24.3 Å². The van der Waals surface area contributed by atoms with E-state index in [0.29, 0.717) is 12.5 Å². The molecule has 0 atom stereocenters. The normalized spacial score (nSPS) is 11.0. The van der Waals surface area contributed by atoms with Crippen LogP contribution in [0.3, 0.4) is 0 Å². The Balaban J connectivity index is 2.01. The number of aromatic nitrogens is 3. The average Bonchev–Trinajstić information content (AvgIpc) is 2.66. The molecule has 0 spiro atoms. The largest absolute Gasteiger partial charge is 0.378 e. The minimum Gasteiger partial charge on any atom is -0.378 e. The fraction of sp³-hybridized carbons (Fsp3) is 0.429. The third-order valence-corrected chi connectivity index (χ3v) is 3.00. The van der Waals surface area contributed by atoms with E-state index in [1.54, 1.807) is 0 Å². The molecule has 0 unspecified atom stereocenters. The van der Waals surface area contributed by atoms with E-state index in [0.717, 1.165) is 28.8 Å². The average molecular weight is 279 g/mol. The van der Waals surface area contributed by atoms with Crippen LogP contribution >= 0.6 is 11.6 Å². The summed E-state index contributed by atoms with van der Waals surface area (Å²) in [6, 6.07) is 7.66. The van der Waals surface area contributed by atoms with Crippen molar-refractivity contribution in [2.24, 2.45) is 13.0 Å². The topological polar surface area (TPSA) is 42.7 Å². The van der Waals surface area contributed by atoms with Gasteiger partial charge in [0, 0.05) is 24.2 Å². The zero-order valence-corrected chi connectivity index (χ0v) is 12.3. The highest BCUT2D eigenvalue weighted by Gasteiger charge is 2.08. The molecule has 0 aliphatic heterocycles. The first-order valence-electron chi connectivity index (χ1n) is 6.43. The molecule has 0 radical (unpaired) electrons. The number of nitrogens with zero attached hydrogens (tertiary/aromatic N) is 3. The van der Waals surface area contributed by atoms with Crippen molar-refractivity contribution in [1.29, 1.82) is 0 Å². The van der Waals surface area contributed by atoms with E-state index in [1.807, 2.05) is 36.0 Å². The fourth-order valence-electron chi connectivity index (χ4n) is 1.86. The predicted octanol–water partition coefficient (Wildman–Crippen LogP) is 3.28. The van der Waals surface area contributed by atoms with Crippen LogP contribution < -0.4 is 5.32 Å². The van der Waals surface area contributed by atoms with Gasteiger partial charge in [-0.2, -0.15) is 5.10 Å². The van der Waals surface area contributed by atoms with E-state index in [2.05, 4.69) is 29.2 Å². The fourth-order valence-corrected chi connectivity index (χ4v) is 2.05. The summed E-state index contributed by atoms with van der Waals surface area (Å²) in [4.78, 5) is 4.54. The van der Waals surface area contributed by atoms with Crippen LogP contribution in [0.5, 0.6) is 0 Å². The molecule has 1 aromatic carbocycles. The van der Waals surface area contributed by atoms with E-state index >= 15 is 0 Å².